The maximum atomic E-state index is 12.9. The Hall–Kier alpha value is -1.18. The van der Waals surface area contributed by atoms with Gasteiger partial charge in [0.2, 0.25) is 10.0 Å². The number of hydrogen-bond acceptors (Lipinski definition) is 3. The summed E-state index contributed by atoms with van der Waals surface area (Å²) in [6, 6.07) is 3.01. The molecule has 0 atom stereocenters. The Morgan fingerprint density at radius 3 is 2.61 bits per heavy atom. The lowest BCUT2D eigenvalue weighted by Gasteiger charge is -2.16. The molecular weight excluding hydrogens is 285 g/mol. The Bertz CT molecular complexity index is 561. The van der Waals surface area contributed by atoms with Crippen LogP contribution in [0.15, 0.2) is 23.1 Å². The maximum Gasteiger partial charge on any atom is 0.304 e. The molecule has 0 heterocycles. The molecule has 0 aliphatic heterocycles. The van der Waals surface area contributed by atoms with E-state index in [-0.39, 0.29) is 22.9 Å². The van der Waals surface area contributed by atoms with Crippen molar-refractivity contribution in [3.05, 3.63) is 29.0 Å². The van der Waals surface area contributed by atoms with Crippen LogP contribution in [0.3, 0.4) is 0 Å². The molecule has 0 saturated carbocycles. The van der Waals surface area contributed by atoms with Gasteiger partial charge in [0.05, 0.1) is 16.3 Å². The van der Waals surface area contributed by atoms with Gasteiger partial charge < -0.3 is 5.11 Å². The molecule has 0 saturated heterocycles. The number of nitrogens with zero attached hydrogens (tertiary/aromatic N) is 1. The first kappa shape index (κ1) is 14.9. The summed E-state index contributed by atoms with van der Waals surface area (Å²) in [7, 11) is -2.61. The Morgan fingerprint density at radius 1 is 1.50 bits per heavy atom. The first-order valence-electron chi connectivity index (χ1n) is 4.88. The van der Waals surface area contributed by atoms with Gasteiger partial charge in [-0.2, -0.15) is 0 Å². The number of aliphatic carboxylic acids is 1. The molecule has 18 heavy (non-hydrogen) atoms. The highest BCUT2D eigenvalue weighted by Gasteiger charge is 2.22. The predicted molar refractivity (Wildman–Crippen MR) is 63.5 cm³/mol. The first-order chi connectivity index (χ1) is 8.25. The number of carboxylic acid groups (broad SMARTS) is 1. The molecule has 0 amide bonds. The van der Waals surface area contributed by atoms with E-state index in [2.05, 4.69) is 0 Å². The van der Waals surface area contributed by atoms with Crippen molar-refractivity contribution in [1.29, 1.82) is 0 Å². The molecule has 1 N–H and O–H groups in total. The van der Waals surface area contributed by atoms with Crippen LogP contribution < -0.4 is 0 Å². The Kier molecular flexibility index (Phi) is 4.66. The normalized spacial score (nSPS) is 11.8. The third kappa shape index (κ3) is 3.41. The second kappa shape index (κ2) is 5.64. The summed E-state index contributed by atoms with van der Waals surface area (Å²) in [4.78, 5) is 10.2. The molecule has 0 unspecified atom stereocenters. The minimum absolute atomic E-state index is 0.174. The second-order valence-electron chi connectivity index (χ2n) is 3.55. The Labute approximate surface area is 109 Å². The first-order valence-corrected chi connectivity index (χ1v) is 6.70. The number of carbonyl (C=O) groups is 1. The van der Waals surface area contributed by atoms with Crippen LogP contribution in [0.2, 0.25) is 5.02 Å². The summed E-state index contributed by atoms with van der Waals surface area (Å²) in [6.45, 7) is -0.174. The van der Waals surface area contributed by atoms with E-state index in [0.717, 1.165) is 22.5 Å². The summed E-state index contributed by atoms with van der Waals surface area (Å²) >= 11 is 5.50. The summed E-state index contributed by atoms with van der Waals surface area (Å²) < 4.78 is 37.7. The molecule has 0 spiro atoms. The smallest absolute Gasteiger partial charge is 0.304 e. The molecule has 100 valence electrons. The van der Waals surface area contributed by atoms with Crippen LogP contribution in [-0.2, 0) is 14.8 Å². The van der Waals surface area contributed by atoms with E-state index in [4.69, 9.17) is 16.7 Å². The zero-order valence-corrected chi connectivity index (χ0v) is 11.0. The number of rotatable bonds is 5. The van der Waals surface area contributed by atoms with Crippen molar-refractivity contribution in [1.82, 2.24) is 4.31 Å². The third-order valence-corrected chi connectivity index (χ3v) is 4.38. The minimum atomic E-state index is -3.86. The van der Waals surface area contributed by atoms with Gasteiger partial charge in [-0.25, -0.2) is 17.1 Å². The van der Waals surface area contributed by atoms with Crippen LogP contribution in [0, 0.1) is 5.82 Å². The molecule has 0 aliphatic carbocycles. The van der Waals surface area contributed by atoms with Crippen molar-refractivity contribution in [3.8, 4) is 0 Å². The number of hydrogen-bond donors (Lipinski definition) is 1. The fraction of sp³-hybridized carbons (Fsp3) is 0.300. The summed E-state index contributed by atoms with van der Waals surface area (Å²) in [6.07, 6.45) is -0.315. The van der Waals surface area contributed by atoms with Gasteiger partial charge in [-0.15, -0.1) is 0 Å². The average molecular weight is 296 g/mol. The predicted octanol–water partition coefficient (Wildman–Crippen LogP) is 1.57. The Morgan fingerprint density at radius 2 is 2.11 bits per heavy atom. The van der Waals surface area contributed by atoms with E-state index in [9.17, 15) is 17.6 Å². The van der Waals surface area contributed by atoms with Gasteiger partial charge in [0, 0.05) is 13.6 Å². The van der Waals surface area contributed by atoms with Crippen molar-refractivity contribution in [2.24, 2.45) is 0 Å². The highest BCUT2D eigenvalue weighted by molar-refractivity contribution is 7.89. The summed E-state index contributed by atoms with van der Waals surface area (Å²) in [5.74, 6) is -1.82. The van der Waals surface area contributed by atoms with E-state index in [1.165, 1.54) is 7.05 Å². The van der Waals surface area contributed by atoms with Gasteiger partial charge in [0.25, 0.3) is 0 Å². The lowest BCUT2D eigenvalue weighted by Crippen LogP contribution is -2.29. The Balaban J connectivity index is 2.98. The highest BCUT2D eigenvalue weighted by Crippen LogP contribution is 2.21. The molecule has 0 aliphatic rings. The summed E-state index contributed by atoms with van der Waals surface area (Å²) in [5, 5.41) is 8.18. The SMILES string of the molecule is CN(CCC(=O)O)S(=O)(=O)c1ccc(F)c(Cl)c1. The number of benzene rings is 1. The fourth-order valence-corrected chi connectivity index (χ4v) is 2.63. The highest BCUT2D eigenvalue weighted by atomic mass is 35.5. The van der Waals surface area contributed by atoms with Crippen LogP contribution in [0.25, 0.3) is 0 Å². The zero-order chi connectivity index (χ0) is 13.9. The molecule has 8 heteroatoms. The van der Waals surface area contributed by atoms with Crippen molar-refractivity contribution < 1.29 is 22.7 Å². The van der Waals surface area contributed by atoms with E-state index in [0.29, 0.717) is 0 Å². The van der Waals surface area contributed by atoms with Crippen LogP contribution in [-0.4, -0.2) is 37.4 Å². The number of carboxylic acids is 1. The molecule has 0 aromatic heterocycles. The van der Waals surface area contributed by atoms with Gasteiger partial charge >= 0.3 is 5.97 Å². The van der Waals surface area contributed by atoms with Gasteiger partial charge in [-0.05, 0) is 18.2 Å². The number of sulfonamides is 1. The molecule has 0 radical (unpaired) electrons. The lowest BCUT2D eigenvalue weighted by molar-refractivity contribution is -0.137. The van der Waals surface area contributed by atoms with Gasteiger partial charge in [-0.1, -0.05) is 11.6 Å². The molecule has 1 rings (SSSR count). The molecular formula is C10H11ClFNO4S. The third-order valence-electron chi connectivity index (χ3n) is 2.24. The van der Waals surface area contributed by atoms with E-state index >= 15 is 0 Å². The van der Waals surface area contributed by atoms with Crippen LogP contribution >= 0.6 is 11.6 Å². The number of halogens is 2. The molecule has 1 aromatic carbocycles. The monoisotopic (exact) mass is 295 g/mol. The van der Waals surface area contributed by atoms with Crippen molar-refractivity contribution in [2.75, 3.05) is 13.6 Å². The van der Waals surface area contributed by atoms with Crippen molar-refractivity contribution in [3.63, 3.8) is 0 Å². The van der Waals surface area contributed by atoms with E-state index in [1.807, 2.05) is 0 Å². The van der Waals surface area contributed by atoms with Crippen molar-refractivity contribution in [2.45, 2.75) is 11.3 Å². The molecule has 0 fully saturated rings. The zero-order valence-electron chi connectivity index (χ0n) is 9.43. The van der Waals surface area contributed by atoms with Crippen molar-refractivity contribution >= 4 is 27.6 Å². The molecule has 0 bridgehead atoms. The second-order valence-corrected chi connectivity index (χ2v) is 6.00. The summed E-state index contributed by atoms with van der Waals surface area (Å²) in [5.41, 5.74) is 0. The quantitative estimate of drug-likeness (QED) is 0.895. The van der Waals surface area contributed by atoms with E-state index < -0.39 is 21.8 Å². The topological polar surface area (TPSA) is 74.7 Å². The standard InChI is InChI=1S/C10H11ClFNO4S/c1-13(5-4-10(14)15)18(16,17)7-2-3-9(12)8(11)6-7/h2-3,6H,4-5H2,1H3,(H,14,15). The van der Waals surface area contributed by atoms with Crippen LogP contribution in [0.4, 0.5) is 4.39 Å². The van der Waals surface area contributed by atoms with E-state index in [1.54, 1.807) is 0 Å². The molecule has 1 aromatic rings. The van der Waals surface area contributed by atoms with Crippen LogP contribution in [0.5, 0.6) is 0 Å². The average Bonchev–Trinajstić information content (AvgIpc) is 2.29. The minimum Gasteiger partial charge on any atom is -0.481 e. The van der Waals surface area contributed by atoms with Gasteiger partial charge in [-0.3, -0.25) is 4.79 Å². The van der Waals surface area contributed by atoms with Gasteiger partial charge in [0.15, 0.2) is 0 Å². The fourth-order valence-electron chi connectivity index (χ4n) is 1.19. The van der Waals surface area contributed by atoms with Crippen LogP contribution in [0.1, 0.15) is 6.42 Å². The molecule has 5 nitrogen and oxygen atoms in total. The largest absolute Gasteiger partial charge is 0.481 e. The van der Waals surface area contributed by atoms with Gasteiger partial charge in [0.1, 0.15) is 5.82 Å². The maximum absolute atomic E-state index is 12.9. The lowest BCUT2D eigenvalue weighted by atomic mass is 10.3.